The van der Waals surface area contributed by atoms with Gasteiger partial charge < -0.3 is 5.11 Å². The van der Waals surface area contributed by atoms with Gasteiger partial charge in [-0.2, -0.15) is 5.10 Å². The molecule has 0 spiro atoms. The molecule has 0 aliphatic carbocycles. The zero-order valence-electron chi connectivity index (χ0n) is 11.1. The standard InChI is InChI=1S/C11H16N6O2/c1-7(2)9(4-10(18)19)17-11(13-14-15-17)8-5-12-16(3)6-8/h5-7,9H,4H2,1-3H3,(H,18,19). The quantitative estimate of drug-likeness (QED) is 0.855. The van der Waals surface area contributed by atoms with Gasteiger partial charge in [0.1, 0.15) is 0 Å². The SMILES string of the molecule is CC(C)C(CC(=O)O)n1nnnc1-c1cnn(C)c1. The van der Waals surface area contributed by atoms with Crippen LogP contribution in [-0.2, 0) is 11.8 Å². The van der Waals surface area contributed by atoms with Gasteiger partial charge in [0.25, 0.3) is 0 Å². The predicted octanol–water partition coefficient (Wildman–Crippen LogP) is 0.745. The maximum atomic E-state index is 11.0. The molecule has 0 bridgehead atoms. The summed E-state index contributed by atoms with van der Waals surface area (Å²) in [6.07, 6.45) is 3.43. The van der Waals surface area contributed by atoms with Crippen molar-refractivity contribution < 1.29 is 9.90 Å². The highest BCUT2D eigenvalue weighted by Crippen LogP contribution is 2.25. The van der Waals surface area contributed by atoms with E-state index in [2.05, 4.69) is 20.6 Å². The molecule has 2 aromatic rings. The zero-order chi connectivity index (χ0) is 14.0. The van der Waals surface area contributed by atoms with Crippen molar-refractivity contribution in [3.8, 4) is 11.4 Å². The van der Waals surface area contributed by atoms with Crippen molar-refractivity contribution >= 4 is 5.97 Å². The fourth-order valence-corrected chi connectivity index (χ4v) is 1.93. The molecule has 0 saturated heterocycles. The van der Waals surface area contributed by atoms with Crippen molar-refractivity contribution in [1.29, 1.82) is 0 Å². The summed E-state index contributed by atoms with van der Waals surface area (Å²) in [6.45, 7) is 3.89. The molecule has 0 aliphatic heterocycles. The van der Waals surface area contributed by atoms with Crippen LogP contribution in [0.2, 0.25) is 0 Å². The average Bonchev–Trinajstić information content (AvgIpc) is 2.93. The van der Waals surface area contributed by atoms with Gasteiger partial charge in [-0.1, -0.05) is 13.8 Å². The first kappa shape index (κ1) is 13.2. The first-order valence-electron chi connectivity index (χ1n) is 5.97. The molecule has 1 N–H and O–H groups in total. The number of aryl methyl sites for hydroxylation is 1. The second-order valence-electron chi connectivity index (χ2n) is 4.76. The Hall–Kier alpha value is -2.25. The summed E-state index contributed by atoms with van der Waals surface area (Å²) in [5, 5.41) is 24.6. The van der Waals surface area contributed by atoms with Crippen LogP contribution < -0.4 is 0 Å². The third-order valence-corrected chi connectivity index (χ3v) is 2.92. The smallest absolute Gasteiger partial charge is 0.305 e. The van der Waals surface area contributed by atoms with Gasteiger partial charge in [-0.25, -0.2) is 4.68 Å². The van der Waals surface area contributed by atoms with E-state index in [1.54, 1.807) is 28.8 Å². The molecule has 1 atom stereocenters. The Morgan fingerprint density at radius 1 is 1.47 bits per heavy atom. The molecular formula is C11H16N6O2. The Labute approximate surface area is 110 Å². The molecule has 0 saturated carbocycles. The normalized spacial score (nSPS) is 12.8. The van der Waals surface area contributed by atoms with Crippen LogP contribution in [0.3, 0.4) is 0 Å². The van der Waals surface area contributed by atoms with E-state index in [0.29, 0.717) is 5.82 Å². The Kier molecular flexibility index (Phi) is 3.59. The van der Waals surface area contributed by atoms with E-state index in [4.69, 9.17) is 5.11 Å². The molecule has 1 unspecified atom stereocenters. The predicted molar refractivity (Wildman–Crippen MR) is 66.1 cm³/mol. The maximum absolute atomic E-state index is 11.0. The number of hydrogen-bond acceptors (Lipinski definition) is 5. The molecular weight excluding hydrogens is 248 g/mol. The van der Waals surface area contributed by atoms with Crippen LogP contribution in [-0.4, -0.2) is 41.1 Å². The van der Waals surface area contributed by atoms with Crippen LogP contribution in [0.15, 0.2) is 12.4 Å². The monoisotopic (exact) mass is 264 g/mol. The fourth-order valence-electron chi connectivity index (χ4n) is 1.93. The molecule has 0 aromatic carbocycles. The van der Waals surface area contributed by atoms with Gasteiger partial charge in [0.05, 0.1) is 24.2 Å². The number of tetrazole rings is 1. The van der Waals surface area contributed by atoms with Crippen molar-refractivity contribution in [1.82, 2.24) is 30.0 Å². The highest BCUT2D eigenvalue weighted by Gasteiger charge is 2.24. The largest absolute Gasteiger partial charge is 0.481 e. The van der Waals surface area contributed by atoms with Crippen LogP contribution in [0.25, 0.3) is 11.4 Å². The molecule has 8 nitrogen and oxygen atoms in total. The van der Waals surface area contributed by atoms with Crippen molar-refractivity contribution in [2.45, 2.75) is 26.3 Å². The lowest BCUT2D eigenvalue weighted by Crippen LogP contribution is -2.21. The topological polar surface area (TPSA) is 98.7 Å². The summed E-state index contributed by atoms with van der Waals surface area (Å²) in [4.78, 5) is 11.0. The molecule has 0 fully saturated rings. The molecule has 2 aromatic heterocycles. The van der Waals surface area contributed by atoms with Crippen LogP contribution in [0.4, 0.5) is 0 Å². The maximum Gasteiger partial charge on any atom is 0.305 e. The van der Waals surface area contributed by atoms with Gasteiger partial charge >= 0.3 is 5.97 Å². The lowest BCUT2D eigenvalue weighted by Gasteiger charge is -2.19. The summed E-state index contributed by atoms with van der Waals surface area (Å²) >= 11 is 0. The lowest BCUT2D eigenvalue weighted by molar-refractivity contribution is -0.138. The number of hydrogen-bond donors (Lipinski definition) is 1. The second kappa shape index (κ2) is 5.17. The van der Waals surface area contributed by atoms with E-state index in [-0.39, 0.29) is 18.4 Å². The Morgan fingerprint density at radius 2 is 2.21 bits per heavy atom. The Balaban J connectivity index is 2.39. The van der Waals surface area contributed by atoms with Gasteiger partial charge in [0.2, 0.25) is 0 Å². The van der Waals surface area contributed by atoms with E-state index < -0.39 is 5.97 Å². The van der Waals surface area contributed by atoms with E-state index in [0.717, 1.165) is 5.56 Å². The zero-order valence-corrected chi connectivity index (χ0v) is 11.1. The minimum Gasteiger partial charge on any atom is -0.481 e. The highest BCUT2D eigenvalue weighted by atomic mass is 16.4. The summed E-state index contributed by atoms with van der Waals surface area (Å²) in [7, 11) is 1.80. The van der Waals surface area contributed by atoms with Gasteiger partial charge in [-0.3, -0.25) is 9.48 Å². The molecule has 0 amide bonds. The van der Waals surface area contributed by atoms with Gasteiger partial charge in [-0.15, -0.1) is 5.10 Å². The minimum absolute atomic E-state index is 0.0179. The third-order valence-electron chi connectivity index (χ3n) is 2.92. The van der Waals surface area contributed by atoms with Crippen molar-refractivity contribution in [2.75, 3.05) is 0 Å². The number of carbonyl (C=O) groups is 1. The van der Waals surface area contributed by atoms with Crippen molar-refractivity contribution in [3.05, 3.63) is 12.4 Å². The third kappa shape index (κ3) is 2.78. The van der Waals surface area contributed by atoms with E-state index in [1.165, 1.54) is 0 Å². The van der Waals surface area contributed by atoms with Gasteiger partial charge in [0, 0.05) is 13.2 Å². The van der Waals surface area contributed by atoms with E-state index >= 15 is 0 Å². The van der Waals surface area contributed by atoms with Crippen LogP contribution >= 0.6 is 0 Å². The summed E-state index contributed by atoms with van der Waals surface area (Å²) in [5.74, 6) is -0.227. The first-order valence-corrected chi connectivity index (χ1v) is 5.97. The van der Waals surface area contributed by atoms with Crippen LogP contribution in [0.5, 0.6) is 0 Å². The fraction of sp³-hybridized carbons (Fsp3) is 0.545. The molecule has 102 valence electrons. The van der Waals surface area contributed by atoms with E-state index in [9.17, 15) is 4.79 Å². The summed E-state index contributed by atoms with van der Waals surface area (Å²) in [5.41, 5.74) is 0.767. The molecule has 0 radical (unpaired) electrons. The molecule has 0 aliphatic rings. The Morgan fingerprint density at radius 3 is 2.74 bits per heavy atom. The second-order valence-corrected chi connectivity index (χ2v) is 4.76. The number of nitrogens with zero attached hydrogens (tertiary/aromatic N) is 6. The number of rotatable bonds is 5. The molecule has 2 heterocycles. The number of carboxylic acid groups (broad SMARTS) is 1. The summed E-state index contributed by atoms with van der Waals surface area (Å²) in [6, 6.07) is -0.289. The van der Waals surface area contributed by atoms with E-state index in [1.807, 2.05) is 13.8 Å². The number of carboxylic acids is 1. The molecule has 19 heavy (non-hydrogen) atoms. The summed E-state index contributed by atoms with van der Waals surface area (Å²) < 4.78 is 3.21. The van der Waals surface area contributed by atoms with Crippen molar-refractivity contribution in [3.63, 3.8) is 0 Å². The number of aromatic nitrogens is 6. The Bertz CT molecular complexity index is 573. The molecule has 2 rings (SSSR count). The van der Waals surface area contributed by atoms with Crippen LogP contribution in [0.1, 0.15) is 26.3 Å². The molecule has 8 heteroatoms. The minimum atomic E-state index is -0.869. The number of aliphatic carboxylic acids is 1. The average molecular weight is 264 g/mol. The van der Waals surface area contributed by atoms with Crippen LogP contribution in [0, 0.1) is 5.92 Å². The van der Waals surface area contributed by atoms with Gasteiger partial charge in [0.15, 0.2) is 5.82 Å². The lowest BCUT2D eigenvalue weighted by atomic mass is 10.0. The van der Waals surface area contributed by atoms with Gasteiger partial charge in [-0.05, 0) is 16.3 Å². The van der Waals surface area contributed by atoms with Crippen molar-refractivity contribution in [2.24, 2.45) is 13.0 Å². The first-order chi connectivity index (χ1) is 8.99. The highest BCUT2D eigenvalue weighted by molar-refractivity contribution is 5.67.